The molecule has 1 aromatic carbocycles. The maximum absolute atomic E-state index is 12.5. The Hall–Kier alpha value is -1.39. The lowest BCUT2D eigenvalue weighted by Crippen LogP contribution is -2.42. The molecule has 2 rings (SSSR count). The van der Waals surface area contributed by atoms with E-state index in [2.05, 4.69) is 12.2 Å². The third-order valence-corrected chi connectivity index (χ3v) is 3.87. The Morgan fingerprint density at radius 2 is 2.15 bits per heavy atom. The van der Waals surface area contributed by atoms with Gasteiger partial charge in [-0.05, 0) is 43.5 Å². The molecule has 1 aliphatic heterocycles. The molecule has 0 aromatic heterocycles. The van der Waals surface area contributed by atoms with E-state index in [1.807, 2.05) is 24.3 Å². The minimum Gasteiger partial charge on any atom is -0.395 e. The second-order valence-corrected chi connectivity index (χ2v) is 5.32. The summed E-state index contributed by atoms with van der Waals surface area (Å²) in [5, 5.41) is 12.6. The Balaban J connectivity index is 2.04. The smallest absolute Gasteiger partial charge is 0.253 e. The van der Waals surface area contributed by atoms with Crippen LogP contribution in [0.4, 0.5) is 0 Å². The largest absolute Gasteiger partial charge is 0.395 e. The number of aryl methyl sites for hydroxylation is 1. The van der Waals surface area contributed by atoms with E-state index in [0.29, 0.717) is 24.7 Å². The van der Waals surface area contributed by atoms with Crippen LogP contribution in [0, 0.1) is 0 Å². The Morgan fingerprint density at radius 1 is 1.40 bits per heavy atom. The quantitative estimate of drug-likeness (QED) is 0.826. The lowest BCUT2D eigenvalue weighted by molar-refractivity contribution is 0.0706. The summed E-state index contributed by atoms with van der Waals surface area (Å²) in [6.45, 7) is 4.20. The van der Waals surface area contributed by atoms with Crippen LogP contribution in [0.5, 0.6) is 0 Å². The van der Waals surface area contributed by atoms with Gasteiger partial charge < -0.3 is 15.3 Å². The van der Waals surface area contributed by atoms with Crippen molar-refractivity contribution in [3.63, 3.8) is 0 Å². The van der Waals surface area contributed by atoms with Crippen molar-refractivity contribution in [3.05, 3.63) is 35.4 Å². The zero-order valence-corrected chi connectivity index (χ0v) is 12.1. The van der Waals surface area contributed by atoms with E-state index in [1.165, 1.54) is 5.56 Å². The molecule has 20 heavy (non-hydrogen) atoms. The molecule has 4 heteroatoms. The molecular weight excluding hydrogens is 252 g/mol. The third-order valence-electron chi connectivity index (χ3n) is 3.87. The molecule has 1 fully saturated rings. The summed E-state index contributed by atoms with van der Waals surface area (Å²) in [6, 6.07) is 8.12. The van der Waals surface area contributed by atoms with Gasteiger partial charge in [0.2, 0.25) is 0 Å². The fourth-order valence-electron chi connectivity index (χ4n) is 2.64. The molecule has 1 heterocycles. The molecule has 2 N–H and O–H groups in total. The molecule has 1 aromatic rings. The highest BCUT2D eigenvalue weighted by Crippen LogP contribution is 2.12. The van der Waals surface area contributed by atoms with E-state index >= 15 is 0 Å². The monoisotopic (exact) mass is 276 g/mol. The molecule has 1 saturated heterocycles. The van der Waals surface area contributed by atoms with Crippen LogP contribution in [0.3, 0.4) is 0 Å². The number of hydrogen-bond donors (Lipinski definition) is 2. The minimum absolute atomic E-state index is 0.00546. The average molecular weight is 276 g/mol. The normalized spacial score (nSPS) is 18.2. The molecule has 0 aliphatic carbocycles. The molecule has 4 nitrogen and oxygen atoms in total. The Kier molecular flexibility index (Phi) is 5.56. The van der Waals surface area contributed by atoms with Crippen LogP contribution in [-0.2, 0) is 6.42 Å². The molecule has 0 spiro atoms. The van der Waals surface area contributed by atoms with Crippen LogP contribution in [0.2, 0.25) is 0 Å². The summed E-state index contributed by atoms with van der Waals surface area (Å²) < 4.78 is 0. The number of amides is 1. The number of carbonyl (C=O) groups excluding carboxylic acids is 1. The van der Waals surface area contributed by atoms with Gasteiger partial charge in [0.15, 0.2) is 0 Å². The first-order chi connectivity index (χ1) is 9.74. The molecule has 0 bridgehead atoms. The van der Waals surface area contributed by atoms with Gasteiger partial charge in [-0.3, -0.25) is 4.79 Å². The van der Waals surface area contributed by atoms with Gasteiger partial charge in [-0.15, -0.1) is 0 Å². The molecular formula is C16H24N2O2. The number of rotatable bonds is 6. The van der Waals surface area contributed by atoms with Gasteiger partial charge in [0.1, 0.15) is 0 Å². The van der Waals surface area contributed by atoms with Gasteiger partial charge in [0.05, 0.1) is 6.61 Å². The van der Waals surface area contributed by atoms with Gasteiger partial charge in [-0.2, -0.15) is 0 Å². The standard InChI is InChI=1S/C16H24N2O2/c1-2-13-5-7-14(8-6-13)16(20)18(10-11-19)12-15-4-3-9-17-15/h5-8,15,17,19H,2-4,9-12H2,1H3. The first-order valence-corrected chi connectivity index (χ1v) is 7.47. The fourth-order valence-corrected chi connectivity index (χ4v) is 2.64. The predicted octanol–water partition coefficient (Wildman–Crippen LogP) is 1.44. The first kappa shape index (κ1) is 15.0. The summed E-state index contributed by atoms with van der Waals surface area (Å²) in [5.41, 5.74) is 1.93. The highest BCUT2D eigenvalue weighted by Gasteiger charge is 2.21. The molecule has 1 aliphatic rings. The second kappa shape index (κ2) is 7.41. The van der Waals surface area contributed by atoms with Gasteiger partial charge >= 0.3 is 0 Å². The SMILES string of the molecule is CCc1ccc(C(=O)N(CCO)CC2CCCN2)cc1. The van der Waals surface area contributed by atoms with E-state index in [1.54, 1.807) is 4.90 Å². The Bertz CT molecular complexity index is 425. The highest BCUT2D eigenvalue weighted by atomic mass is 16.3. The van der Waals surface area contributed by atoms with Gasteiger partial charge in [0.25, 0.3) is 5.91 Å². The molecule has 1 unspecified atom stereocenters. The number of benzene rings is 1. The topological polar surface area (TPSA) is 52.6 Å². The molecule has 0 radical (unpaired) electrons. The van der Waals surface area contributed by atoms with E-state index < -0.39 is 0 Å². The van der Waals surface area contributed by atoms with E-state index in [9.17, 15) is 9.90 Å². The lowest BCUT2D eigenvalue weighted by Gasteiger charge is -2.25. The average Bonchev–Trinajstić information content (AvgIpc) is 2.99. The summed E-state index contributed by atoms with van der Waals surface area (Å²) in [6.07, 6.45) is 3.24. The van der Waals surface area contributed by atoms with Crippen LogP contribution in [0.15, 0.2) is 24.3 Å². The van der Waals surface area contributed by atoms with Crippen LogP contribution in [0.25, 0.3) is 0 Å². The fraction of sp³-hybridized carbons (Fsp3) is 0.562. The van der Waals surface area contributed by atoms with Crippen molar-refractivity contribution in [1.82, 2.24) is 10.2 Å². The first-order valence-electron chi connectivity index (χ1n) is 7.47. The van der Waals surface area contributed by atoms with Crippen molar-refractivity contribution >= 4 is 5.91 Å². The van der Waals surface area contributed by atoms with Crippen molar-refractivity contribution in [3.8, 4) is 0 Å². The minimum atomic E-state index is 0.00546. The molecule has 110 valence electrons. The van der Waals surface area contributed by atoms with Crippen molar-refractivity contribution in [2.24, 2.45) is 0 Å². The van der Waals surface area contributed by atoms with Gasteiger partial charge in [-0.1, -0.05) is 19.1 Å². The number of aliphatic hydroxyl groups is 1. The van der Waals surface area contributed by atoms with Gasteiger partial charge in [-0.25, -0.2) is 0 Å². The van der Waals surface area contributed by atoms with Crippen molar-refractivity contribution in [2.45, 2.75) is 32.2 Å². The van der Waals surface area contributed by atoms with Gasteiger partial charge in [0, 0.05) is 24.7 Å². The summed E-state index contributed by atoms with van der Waals surface area (Å²) in [5.74, 6) is 0.00963. The third kappa shape index (κ3) is 3.81. The Morgan fingerprint density at radius 3 is 2.70 bits per heavy atom. The summed E-state index contributed by atoms with van der Waals surface area (Å²) in [4.78, 5) is 14.3. The zero-order chi connectivity index (χ0) is 14.4. The molecule has 1 amide bonds. The van der Waals surface area contributed by atoms with Crippen LogP contribution < -0.4 is 5.32 Å². The van der Waals surface area contributed by atoms with Crippen molar-refractivity contribution in [1.29, 1.82) is 0 Å². The van der Waals surface area contributed by atoms with Crippen LogP contribution in [0.1, 0.15) is 35.7 Å². The van der Waals surface area contributed by atoms with Crippen molar-refractivity contribution in [2.75, 3.05) is 26.2 Å². The van der Waals surface area contributed by atoms with E-state index in [4.69, 9.17) is 0 Å². The number of nitrogens with zero attached hydrogens (tertiary/aromatic N) is 1. The predicted molar refractivity (Wildman–Crippen MR) is 79.8 cm³/mol. The lowest BCUT2D eigenvalue weighted by atomic mass is 10.1. The highest BCUT2D eigenvalue weighted by molar-refractivity contribution is 5.94. The second-order valence-electron chi connectivity index (χ2n) is 5.32. The summed E-state index contributed by atoms with van der Waals surface area (Å²) >= 11 is 0. The van der Waals surface area contributed by atoms with E-state index in [0.717, 1.165) is 25.8 Å². The maximum Gasteiger partial charge on any atom is 0.253 e. The molecule has 0 saturated carbocycles. The van der Waals surface area contributed by atoms with Crippen LogP contribution in [-0.4, -0.2) is 48.2 Å². The maximum atomic E-state index is 12.5. The molecule has 1 atom stereocenters. The number of hydrogen-bond acceptors (Lipinski definition) is 3. The summed E-state index contributed by atoms with van der Waals surface area (Å²) in [7, 11) is 0. The van der Waals surface area contributed by atoms with Crippen LogP contribution >= 0.6 is 0 Å². The van der Waals surface area contributed by atoms with Crippen molar-refractivity contribution < 1.29 is 9.90 Å². The Labute approximate surface area is 120 Å². The number of carbonyl (C=O) groups is 1. The number of nitrogens with one attached hydrogen (secondary N) is 1. The van der Waals surface area contributed by atoms with E-state index in [-0.39, 0.29) is 12.5 Å². The zero-order valence-electron chi connectivity index (χ0n) is 12.1. The number of aliphatic hydroxyl groups excluding tert-OH is 1.